The first-order valence-electron chi connectivity index (χ1n) is 7.84. The molecule has 5 heteroatoms. The van der Waals surface area contributed by atoms with Crippen molar-refractivity contribution in [3.8, 4) is 0 Å². The van der Waals surface area contributed by atoms with Crippen LogP contribution in [0.25, 0.3) is 0 Å². The van der Waals surface area contributed by atoms with E-state index in [1.807, 2.05) is 6.92 Å². The van der Waals surface area contributed by atoms with Crippen molar-refractivity contribution >= 4 is 23.3 Å². The van der Waals surface area contributed by atoms with E-state index in [1.165, 1.54) is 19.3 Å². The number of rotatable bonds is 5. The van der Waals surface area contributed by atoms with E-state index in [0.29, 0.717) is 16.4 Å². The maximum atomic E-state index is 12.3. The summed E-state index contributed by atoms with van der Waals surface area (Å²) < 4.78 is 0. The third kappa shape index (κ3) is 4.34. The van der Waals surface area contributed by atoms with Crippen LogP contribution in [0.5, 0.6) is 0 Å². The summed E-state index contributed by atoms with van der Waals surface area (Å²) in [7, 11) is 0. The third-order valence-electron chi connectivity index (χ3n) is 4.21. The average Bonchev–Trinajstić information content (AvgIpc) is 2.50. The van der Waals surface area contributed by atoms with E-state index in [-0.39, 0.29) is 11.9 Å². The predicted octanol–water partition coefficient (Wildman–Crippen LogP) is 3.87. The fourth-order valence-corrected chi connectivity index (χ4v) is 3.08. The second kappa shape index (κ2) is 7.64. The molecule has 1 fully saturated rings. The molecule has 1 saturated carbocycles. The summed E-state index contributed by atoms with van der Waals surface area (Å²) >= 11 is 6.13. The summed E-state index contributed by atoms with van der Waals surface area (Å²) in [6.45, 7) is 4.97. The number of aromatic nitrogens is 1. The summed E-state index contributed by atoms with van der Waals surface area (Å²) in [5.74, 6) is 1.38. The zero-order valence-corrected chi connectivity index (χ0v) is 13.5. The minimum atomic E-state index is -0.0765. The van der Waals surface area contributed by atoms with Gasteiger partial charge in [-0.1, -0.05) is 24.9 Å². The van der Waals surface area contributed by atoms with Crippen LogP contribution >= 0.6 is 11.6 Å². The maximum Gasteiger partial charge on any atom is 0.253 e. The molecule has 2 N–H and O–H groups in total. The lowest BCUT2D eigenvalue weighted by molar-refractivity contribution is 0.0921. The van der Waals surface area contributed by atoms with Crippen LogP contribution in [-0.4, -0.2) is 23.5 Å². The van der Waals surface area contributed by atoms with Crippen molar-refractivity contribution < 1.29 is 4.79 Å². The molecule has 0 unspecified atom stereocenters. The zero-order valence-electron chi connectivity index (χ0n) is 12.8. The molecule has 1 heterocycles. The Morgan fingerprint density at radius 1 is 1.33 bits per heavy atom. The summed E-state index contributed by atoms with van der Waals surface area (Å²) in [4.78, 5) is 16.5. The lowest BCUT2D eigenvalue weighted by atomic mass is 9.84. The molecular formula is C16H24ClN3O. The van der Waals surface area contributed by atoms with Crippen molar-refractivity contribution in [2.45, 2.75) is 52.0 Å². The van der Waals surface area contributed by atoms with Gasteiger partial charge in [-0.2, -0.15) is 0 Å². The Labute approximate surface area is 131 Å². The van der Waals surface area contributed by atoms with Gasteiger partial charge in [0.1, 0.15) is 5.82 Å². The van der Waals surface area contributed by atoms with E-state index in [9.17, 15) is 4.79 Å². The van der Waals surface area contributed by atoms with Gasteiger partial charge in [0.15, 0.2) is 0 Å². The molecule has 0 aliphatic heterocycles. The third-order valence-corrected chi connectivity index (χ3v) is 4.50. The van der Waals surface area contributed by atoms with Gasteiger partial charge >= 0.3 is 0 Å². The Bertz CT molecular complexity index is 484. The number of carbonyl (C=O) groups excluding carboxylic acids is 1. The first-order valence-corrected chi connectivity index (χ1v) is 8.22. The number of amides is 1. The summed E-state index contributed by atoms with van der Waals surface area (Å²) in [6, 6.07) is 1.96. The topological polar surface area (TPSA) is 54.0 Å². The van der Waals surface area contributed by atoms with E-state index in [4.69, 9.17) is 11.6 Å². The number of hydrogen-bond donors (Lipinski definition) is 2. The van der Waals surface area contributed by atoms with E-state index < -0.39 is 0 Å². The maximum absolute atomic E-state index is 12.3. The summed E-state index contributed by atoms with van der Waals surface area (Å²) in [5.41, 5.74) is 0.527. The summed E-state index contributed by atoms with van der Waals surface area (Å²) in [5, 5.41) is 6.65. The molecule has 0 spiro atoms. The first kappa shape index (κ1) is 16.1. The largest absolute Gasteiger partial charge is 0.369 e. The highest BCUT2D eigenvalue weighted by Crippen LogP contribution is 2.27. The van der Waals surface area contributed by atoms with Gasteiger partial charge in [0, 0.05) is 18.8 Å². The second-order valence-corrected chi connectivity index (χ2v) is 6.09. The van der Waals surface area contributed by atoms with Crippen molar-refractivity contribution in [3.63, 3.8) is 0 Å². The Morgan fingerprint density at radius 2 is 2.05 bits per heavy atom. The molecule has 2 rings (SSSR count). The quantitative estimate of drug-likeness (QED) is 0.868. The van der Waals surface area contributed by atoms with Gasteiger partial charge in [-0.15, -0.1) is 0 Å². The number of carbonyl (C=O) groups is 1. The molecule has 4 nitrogen and oxygen atoms in total. The van der Waals surface area contributed by atoms with Gasteiger partial charge in [0.2, 0.25) is 0 Å². The van der Waals surface area contributed by atoms with Crippen molar-refractivity contribution in [1.29, 1.82) is 0 Å². The van der Waals surface area contributed by atoms with E-state index in [2.05, 4.69) is 22.5 Å². The van der Waals surface area contributed by atoms with Gasteiger partial charge in [-0.25, -0.2) is 4.98 Å². The molecule has 0 saturated heterocycles. The van der Waals surface area contributed by atoms with Crippen molar-refractivity contribution in [2.75, 3.05) is 11.9 Å². The van der Waals surface area contributed by atoms with Crippen LogP contribution in [-0.2, 0) is 0 Å². The average molecular weight is 310 g/mol. The molecule has 0 aromatic carbocycles. The Hall–Kier alpha value is -1.29. The molecule has 1 amide bonds. The molecular weight excluding hydrogens is 286 g/mol. The minimum Gasteiger partial charge on any atom is -0.369 e. The summed E-state index contributed by atoms with van der Waals surface area (Å²) in [6.07, 6.45) is 7.38. The Kier molecular flexibility index (Phi) is 5.85. The second-order valence-electron chi connectivity index (χ2n) is 5.68. The van der Waals surface area contributed by atoms with Crippen molar-refractivity contribution in [1.82, 2.24) is 10.3 Å². The van der Waals surface area contributed by atoms with Gasteiger partial charge in [-0.3, -0.25) is 4.79 Å². The van der Waals surface area contributed by atoms with Gasteiger partial charge in [0.05, 0.1) is 10.6 Å². The lowest BCUT2D eigenvalue weighted by Crippen LogP contribution is -2.37. The van der Waals surface area contributed by atoms with Crippen molar-refractivity contribution in [3.05, 3.63) is 22.8 Å². The van der Waals surface area contributed by atoms with Crippen molar-refractivity contribution in [2.24, 2.45) is 5.92 Å². The minimum absolute atomic E-state index is 0.0765. The van der Waals surface area contributed by atoms with Gasteiger partial charge < -0.3 is 10.6 Å². The Morgan fingerprint density at radius 3 is 2.62 bits per heavy atom. The zero-order chi connectivity index (χ0) is 15.2. The standard InChI is InChI=1S/C16H24ClN3O/c1-3-11-5-7-13(8-6-11)20-16(21)12-9-14(17)15(18-4-2)19-10-12/h9-11,13H,3-8H2,1-2H3,(H,18,19)(H,20,21). The highest BCUT2D eigenvalue weighted by atomic mass is 35.5. The van der Waals surface area contributed by atoms with Gasteiger partial charge in [-0.05, 0) is 44.6 Å². The van der Waals surface area contributed by atoms with Crippen LogP contribution in [0.1, 0.15) is 56.3 Å². The lowest BCUT2D eigenvalue weighted by Gasteiger charge is -2.28. The SMILES string of the molecule is CCNc1ncc(C(=O)NC2CCC(CC)CC2)cc1Cl. The van der Waals surface area contributed by atoms with Crippen LogP contribution in [0.4, 0.5) is 5.82 Å². The van der Waals surface area contributed by atoms with Crippen LogP contribution in [0.2, 0.25) is 5.02 Å². The highest BCUT2D eigenvalue weighted by molar-refractivity contribution is 6.33. The van der Waals surface area contributed by atoms with Crippen LogP contribution in [0.15, 0.2) is 12.3 Å². The smallest absolute Gasteiger partial charge is 0.253 e. The van der Waals surface area contributed by atoms with Crippen LogP contribution in [0, 0.1) is 5.92 Å². The molecule has 1 aromatic heterocycles. The van der Waals surface area contributed by atoms with Crippen LogP contribution in [0.3, 0.4) is 0 Å². The number of halogens is 1. The number of hydrogen-bond acceptors (Lipinski definition) is 3. The molecule has 21 heavy (non-hydrogen) atoms. The van der Waals surface area contributed by atoms with Crippen LogP contribution < -0.4 is 10.6 Å². The molecule has 0 bridgehead atoms. The molecule has 0 radical (unpaired) electrons. The monoisotopic (exact) mass is 309 g/mol. The van der Waals surface area contributed by atoms with E-state index in [0.717, 1.165) is 25.3 Å². The van der Waals surface area contributed by atoms with Gasteiger partial charge in [0.25, 0.3) is 5.91 Å². The number of pyridine rings is 1. The fraction of sp³-hybridized carbons (Fsp3) is 0.625. The highest BCUT2D eigenvalue weighted by Gasteiger charge is 2.22. The first-order chi connectivity index (χ1) is 10.1. The molecule has 1 aliphatic carbocycles. The molecule has 116 valence electrons. The Balaban J connectivity index is 1.93. The molecule has 1 aromatic rings. The number of anilines is 1. The fourth-order valence-electron chi connectivity index (χ4n) is 2.84. The normalized spacial score (nSPS) is 21.9. The van der Waals surface area contributed by atoms with E-state index >= 15 is 0 Å². The molecule has 0 atom stereocenters. The molecule has 1 aliphatic rings. The predicted molar refractivity (Wildman–Crippen MR) is 86.9 cm³/mol. The van der Waals surface area contributed by atoms with E-state index in [1.54, 1.807) is 12.3 Å². The number of nitrogens with one attached hydrogen (secondary N) is 2. The number of nitrogens with zero attached hydrogens (tertiary/aromatic N) is 1.